The van der Waals surface area contributed by atoms with Crippen LogP contribution in [0.3, 0.4) is 0 Å². The Bertz CT molecular complexity index is 570. The second kappa shape index (κ2) is 5.46. The number of aromatic nitrogens is 2. The molecule has 0 aliphatic heterocycles. The second-order valence-corrected chi connectivity index (χ2v) is 3.92. The van der Waals surface area contributed by atoms with E-state index in [-0.39, 0.29) is 0 Å². The quantitative estimate of drug-likeness (QED) is 0.740. The number of hydrogen-bond acceptors (Lipinski definition) is 5. The number of anilines is 3. The summed E-state index contributed by atoms with van der Waals surface area (Å²) in [5.41, 5.74) is 1.34. The van der Waals surface area contributed by atoms with Gasteiger partial charge in [0.2, 0.25) is 0 Å². The third kappa shape index (κ3) is 2.57. The van der Waals surface area contributed by atoms with E-state index >= 15 is 0 Å². The summed E-state index contributed by atoms with van der Waals surface area (Å²) in [5, 5.41) is 13.9. The van der Waals surface area contributed by atoms with Crippen LogP contribution >= 0.6 is 11.6 Å². The smallest absolute Gasteiger partial charge is 0.151 e. The molecule has 0 fully saturated rings. The molecule has 0 aliphatic rings. The van der Waals surface area contributed by atoms with Gasteiger partial charge in [0.1, 0.15) is 5.82 Å². The molecule has 0 spiro atoms. The molecule has 0 amide bonds. The Labute approximate surface area is 110 Å². The van der Waals surface area contributed by atoms with Crippen LogP contribution in [0.15, 0.2) is 30.6 Å². The largest absolute Gasteiger partial charge is 0.372 e. The number of halogens is 1. The standard InChI is InChI=1S/C12H12ClN5/c1-15-11-6-16-7-12(18-11)17-10-4-2-3-9(13)8(10)5-14/h2-7,14H,1H3,(H2,15,17,18). The zero-order valence-electron chi connectivity index (χ0n) is 9.74. The molecular formula is C12H12ClN5. The maximum absolute atomic E-state index is 7.37. The molecule has 0 bridgehead atoms. The zero-order chi connectivity index (χ0) is 13.0. The normalized spacial score (nSPS) is 9.89. The van der Waals surface area contributed by atoms with E-state index in [9.17, 15) is 0 Å². The fourth-order valence-corrected chi connectivity index (χ4v) is 1.71. The van der Waals surface area contributed by atoms with Crippen molar-refractivity contribution in [3.05, 3.63) is 41.2 Å². The van der Waals surface area contributed by atoms with Crippen LogP contribution < -0.4 is 10.6 Å². The fraction of sp³-hybridized carbons (Fsp3) is 0.0833. The van der Waals surface area contributed by atoms with Crippen molar-refractivity contribution in [2.24, 2.45) is 0 Å². The first-order chi connectivity index (χ1) is 8.74. The molecule has 18 heavy (non-hydrogen) atoms. The number of nitrogens with one attached hydrogen (secondary N) is 3. The maximum atomic E-state index is 7.37. The average Bonchev–Trinajstić information content (AvgIpc) is 2.39. The fourth-order valence-electron chi connectivity index (χ4n) is 1.48. The number of benzene rings is 1. The SMILES string of the molecule is CNc1cncc(Nc2cccc(Cl)c2C=N)n1. The van der Waals surface area contributed by atoms with Gasteiger partial charge in [0.15, 0.2) is 5.82 Å². The Hall–Kier alpha value is -2.14. The summed E-state index contributed by atoms with van der Waals surface area (Å²) in [6, 6.07) is 5.38. The lowest BCUT2D eigenvalue weighted by atomic mass is 10.2. The summed E-state index contributed by atoms with van der Waals surface area (Å²) >= 11 is 6.01. The first-order valence-electron chi connectivity index (χ1n) is 5.30. The van der Waals surface area contributed by atoms with Crippen LogP contribution in [0.4, 0.5) is 17.3 Å². The summed E-state index contributed by atoms with van der Waals surface area (Å²) in [4.78, 5) is 8.34. The second-order valence-electron chi connectivity index (χ2n) is 3.51. The molecular weight excluding hydrogens is 250 g/mol. The Morgan fingerprint density at radius 1 is 1.28 bits per heavy atom. The van der Waals surface area contributed by atoms with Crippen molar-refractivity contribution in [1.29, 1.82) is 5.41 Å². The third-order valence-corrected chi connectivity index (χ3v) is 2.68. The Morgan fingerprint density at radius 3 is 2.78 bits per heavy atom. The van der Waals surface area contributed by atoms with E-state index in [1.165, 1.54) is 6.21 Å². The number of hydrogen-bond donors (Lipinski definition) is 3. The molecule has 0 radical (unpaired) electrons. The van der Waals surface area contributed by atoms with Gasteiger partial charge in [0.25, 0.3) is 0 Å². The molecule has 0 aliphatic carbocycles. The lowest BCUT2D eigenvalue weighted by molar-refractivity contribution is 1.18. The van der Waals surface area contributed by atoms with E-state index in [1.54, 1.807) is 25.5 Å². The lowest BCUT2D eigenvalue weighted by Crippen LogP contribution is -2.01. The molecule has 0 unspecified atom stereocenters. The predicted octanol–water partition coefficient (Wildman–Crippen LogP) is 2.91. The molecule has 1 heterocycles. The Balaban J connectivity index is 2.33. The van der Waals surface area contributed by atoms with Gasteiger partial charge in [-0.05, 0) is 12.1 Å². The van der Waals surface area contributed by atoms with Crippen molar-refractivity contribution in [3.8, 4) is 0 Å². The summed E-state index contributed by atoms with van der Waals surface area (Å²) in [6.07, 6.45) is 4.44. The van der Waals surface area contributed by atoms with E-state index in [4.69, 9.17) is 17.0 Å². The maximum Gasteiger partial charge on any atom is 0.151 e. The first kappa shape index (κ1) is 12.3. The molecule has 0 saturated heterocycles. The zero-order valence-corrected chi connectivity index (χ0v) is 10.5. The van der Waals surface area contributed by atoms with Gasteiger partial charge in [-0.1, -0.05) is 17.7 Å². The molecule has 6 heteroatoms. The Kier molecular flexibility index (Phi) is 3.74. The van der Waals surface area contributed by atoms with Gasteiger partial charge in [-0.2, -0.15) is 0 Å². The van der Waals surface area contributed by atoms with Crippen LogP contribution in [0.5, 0.6) is 0 Å². The van der Waals surface area contributed by atoms with Crippen LogP contribution in [0, 0.1) is 5.41 Å². The highest BCUT2D eigenvalue weighted by molar-refractivity contribution is 6.33. The molecule has 1 aromatic heterocycles. The van der Waals surface area contributed by atoms with E-state index in [0.717, 1.165) is 5.69 Å². The number of rotatable bonds is 4. The minimum Gasteiger partial charge on any atom is -0.372 e. The van der Waals surface area contributed by atoms with Crippen molar-refractivity contribution >= 4 is 35.1 Å². The van der Waals surface area contributed by atoms with Gasteiger partial charge in [-0.15, -0.1) is 0 Å². The monoisotopic (exact) mass is 261 g/mol. The van der Waals surface area contributed by atoms with Crippen LogP contribution in [-0.4, -0.2) is 23.2 Å². The lowest BCUT2D eigenvalue weighted by Gasteiger charge is -2.10. The highest BCUT2D eigenvalue weighted by atomic mass is 35.5. The molecule has 3 N–H and O–H groups in total. The van der Waals surface area contributed by atoms with Gasteiger partial charge in [0.05, 0.1) is 17.4 Å². The van der Waals surface area contributed by atoms with E-state index in [2.05, 4.69) is 20.6 Å². The average molecular weight is 262 g/mol. The van der Waals surface area contributed by atoms with E-state index < -0.39 is 0 Å². The number of nitrogens with zero attached hydrogens (tertiary/aromatic N) is 2. The van der Waals surface area contributed by atoms with Crippen molar-refractivity contribution in [2.45, 2.75) is 0 Å². The Morgan fingerprint density at radius 2 is 2.06 bits per heavy atom. The molecule has 1 aromatic carbocycles. The van der Waals surface area contributed by atoms with Crippen LogP contribution in [0.2, 0.25) is 5.02 Å². The van der Waals surface area contributed by atoms with Gasteiger partial charge in [-0.25, -0.2) is 4.98 Å². The van der Waals surface area contributed by atoms with Crippen molar-refractivity contribution in [3.63, 3.8) is 0 Å². The van der Waals surface area contributed by atoms with Crippen LogP contribution in [-0.2, 0) is 0 Å². The van der Waals surface area contributed by atoms with E-state index in [0.29, 0.717) is 22.2 Å². The van der Waals surface area contributed by atoms with Crippen molar-refractivity contribution in [2.75, 3.05) is 17.7 Å². The van der Waals surface area contributed by atoms with Crippen molar-refractivity contribution < 1.29 is 0 Å². The highest BCUT2D eigenvalue weighted by Crippen LogP contribution is 2.24. The predicted molar refractivity (Wildman–Crippen MR) is 74.2 cm³/mol. The van der Waals surface area contributed by atoms with Crippen LogP contribution in [0.1, 0.15) is 5.56 Å². The third-order valence-electron chi connectivity index (χ3n) is 2.35. The molecule has 2 aromatic rings. The summed E-state index contributed by atoms with van der Waals surface area (Å²) in [7, 11) is 1.77. The van der Waals surface area contributed by atoms with Gasteiger partial charge in [0, 0.05) is 24.5 Å². The van der Waals surface area contributed by atoms with Gasteiger partial charge in [-0.3, -0.25) is 4.98 Å². The molecule has 0 saturated carbocycles. The summed E-state index contributed by atoms with van der Waals surface area (Å²) < 4.78 is 0. The molecule has 2 rings (SSSR count). The van der Waals surface area contributed by atoms with Crippen LogP contribution in [0.25, 0.3) is 0 Å². The van der Waals surface area contributed by atoms with E-state index in [1.807, 2.05) is 12.1 Å². The summed E-state index contributed by atoms with van der Waals surface area (Å²) in [6.45, 7) is 0. The molecule has 92 valence electrons. The minimum absolute atomic E-state index is 0.521. The summed E-state index contributed by atoms with van der Waals surface area (Å²) in [5.74, 6) is 1.26. The van der Waals surface area contributed by atoms with Gasteiger partial charge >= 0.3 is 0 Å². The van der Waals surface area contributed by atoms with Gasteiger partial charge < -0.3 is 16.0 Å². The molecule has 0 atom stereocenters. The topological polar surface area (TPSA) is 73.7 Å². The first-order valence-corrected chi connectivity index (χ1v) is 5.68. The van der Waals surface area contributed by atoms with Crippen molar-refractivity contribution in [1.82, 2.24) is 9.97 Å². The minimum atomic E-state index is 0.521. The molecule has 5 nitrogen and oxygen atoms in total. The highest BCUT2D eigenvalue weighted by Gasteiger charge is 2.05.